The van der Waals surface area contributed by atoms with Crippen LogP contribution in [0.5, 0.6) is 0 Å². The van der Waals surface area contributed by atoms with Gasteiger partial charge < -0.3 is 21.1 Å². The zero-order valence-corrected chi connectivity index (χ0v) is 14.7. The number of urea groups is 1. The highest BCUT2D eigenvalue weighted by Gasteiger charge is 2.29. The minimum Gasteiger partial charge on any atom is -0.388 e. The first-order chi connectivity index (χ1) is 11.8. The maximum absolute atomic E-state index is 13.8. The number of hydrogen-bond acceptors (Lipinski definition) is 3. The summed E-state index contributed by atoms with van der Waals surface area (Å²) in [6.07, 6.45) is 4.37. The normalized spacial score (nSPS) is 16.4. The van der Waals surface area contributed by atoms with Crippen molar-refractivity contribution in [3.05, 3.63) is 24.0 Å². The molecule has 25 heavy (non-hydrogen) atoms. The second-order valence-corrected chi connectivity index (χ2v) is 6.93. The van der Waals surface area contributed by atoms with Crippen LogP contribution in [0.25, 0.3) is 0 Å². The van der Waals surface area contributed by atoms with Crippen LogP contribution in [0.15, 0.2) is 18.2 Å². The molecule has 2 rings (SSSR count). The molecule has 138 valence electrons. The van der Waals surface area contributed by atoms with Crippen molar-refractivity contribution in [1.82, 2.24) is 5.32 Å². The van der Waals surface area contributed by atoms with Gasteiger partial charge in [0, 0.05) is 18.2 Å². The van der Waals surface area contributed by atoms with Crippen LogP contribution < -0.4 is 16.0 Å². The Kier molecular flexibility index (Phi) is 6.36. The fraction of sp³-hybridized carbons (Fsp3) is 0.556. The predicted octanol–water partition coefficient (Wildman–Crippen LogP) is 3.24. The fourth-order valence-electron chi connectivity index (χ4n) is 2.78. The molecule has 1 aliphatic rings. The number of anilines is 2. The Morgan fingerprint density at radius 2 is 1.88 bits per heavy atom. The summed E-state index contributed by atoms with van der Waals surface area (Å²) < 4.78 is 13.8. The smallest absolute Gasteiger partial charge is 0.319 e. The molecule has 1 aromatic rings. The van der Waals surface area contributed by atoms with Crippen LogP contribution in [0.1, 0.15) is 46.0 Å². The largest absolute Gasteiger partial charge is 0.388 e. The monoisotopic (exact) mass is 351 g/mol. The molecule has 1 fully saturated rings. The molecular weight excluding hydrogens is 325 g/mol. The molecule has 0 atom stereocenters. The highest BCUT2D eigenvalue weighted by Crippen LogP contribution is 2.27. The Bertz CT molecular complexity index is 628. The lowest BCUT2D eigenvalue weighted by atomic mass is 9.85. The number of aliphatic hydroxyl groups is 1. The first kappa shape index (κ1) is 19.2. The summed E-state index contributed by atoms with van der Waals surface area (Å²) in [5.41, 5.74) is -0.481. The van der Waals surface area contributed by atoms with Crippen molar-refractivity contribution < 1.29 is 19.1 Å². The van der Waals surface area contributed by atoms with Crippen LogP contribution in [0.3, 0.4) is 0 Å². The van der Waals surface area contributed by atoms with Crippen LogP contribution in [-0.2, 0) is 4.79 Å². The van der Waals surface area contributed by atoms with Gasteiger partial charge in [-0.2, -0.15) is 0 Å². The number of carbonyl (C=O) groups is 2. The molecule has 0 spiro atoms. The third kappa shape index (κ3) is 5.70. The summed E-state index contributed by atoms with van der Waals surface area (Å²) in [6.45, 7) is 3.59. The molecule has 0 bridgehead atoms. The lowest BCUT2D eigenvalue weighted by Crippen LogP contribution is -2.45. The molecule has 0 unspecified atom stereocenters. The van der Waals surface area contributed by atoms with Gasteiger partial charge >= 0.3 is 6.03 Å². The van der Waals surface area contributed by atoms with Crippen molar-refractivity contribution in [3.63, 3.8) is 0 Å². The van der Waals surface area contributed by atoms with Crippen LogP contribution >= 0.6 is 0 Å². The first-order valence-electron chi connectivity index (χ1n) is 8.67. The average Bonchev–Trinajstić information content (AvgIpc) is 2.57. The van der Waals surface area contributed by atoms with Gasteiger partial charge in [0.25, 0.3) is 0 Å². The highest BCUT2D eigenvalue weighted by molar-refractivity contribution is 5.94. The second-order valence-electron chi connectivity index (χ2n) is 6.93. The average molecular weight is 351 g/mol. The van der Waals surface area contributed by atoms with Crippen LogP contribution in [0.4, 0.5) is 20.6 Å². The van der Waals surface area contributed by atoms with E-state index in [-0.39, 0.29) is 24.1 Å². The van der Waals surface area contributed by atoms with Crippen LogP contribution in [0.2, 0.25) is 0 Å². The van der Waals surface area contributed by atoms with E-state index in [1.54, 1.807) is 13.8 Å². The number of benzene rings is 1. The van der Waals surface area contributed by atoms with E-state index in [2.05, 4.69) is 16.0 Å². The number of hydrogen-bond donors (Lipinski definition) is 4. The molecule has 3 amide bonds. The summed E-state index contributed by atoms with van der Waals surface area (Å²) in [4.78, 5) is 23.7. The quantitative estimate of drug-likeness (QED) is 0.656. The van der Waals surface area contributed by atoms with Crippen LogP contribution in [-0.4, -0.2) is 29.2 Å². The minimum atomic E-state index is -0.852. The van der Waals surface area contributed by atoms with Crippen molar-refractivity contribution >= 4 is 23.3 Å². The van der Waals surface area contributed by atoms with E-state index in [0.717, 1.165) is 19.3 Å². The van der Waals surface area contributed by atoms with E-state index in [0.29, 0.717) is 18.5 Å². The van der Waals surface area contributed by atoms with E-state index in [4.69, 9.17) is 0 Å². The van der Waals surface area contributed by atoms with Crippen molar-refractivity contribution in [2.45, 2.75) is 51.6 Å². The molecular formula is C18H26FN3O3. The Labute approximate surface area is 147 Å². The topological polar surface area (TPSA) is 90.5 Å². The molecule has 0 aromatic heterocycles. The summed E-state index contributed by atoms with van der Waals surface area (Å²) in [5, 5.41) is 18.1. The molecule has 0 saturated heterocycles. The van der Waals surface area contributed by atoms with Gasteiger partial charge in [-0.3, -0.25) is 4.79 Å². The summed E-state index contributed by atoms with van der Waals surface area (Å²) >= 11 is 0. The predicted molar refractivity (Wildman–Crippen MR) is 94.9 cm³/mol. The zero-order valence-electron chi connectivity index (χ0n) is 14.7. The minimum absolute atomic E-state index is 0.0161. The van der Waals surface area contributed by atoms with E-state index < -0.39 is 17.4 Å². The van der Waals surface area contributed by atoms with Gasteiger partial charge in [0.15, 0.2) is 0 Å². The van der Waals surface area contributed by atoms with Gasteiger partial charge in [0.05, 0.1) is 11.3 Å². The van der Waals surface area contributed by atoms with Gasteiger partial charge in [0.2, 0.25) is 5.91 Å². The molecule has 0 aliphatic heterocycles. The molecule has 1 aromatic carbocycles. The van der Waals surface area contributed by atoms with Crippen molar-refractivity contribution in [2.24, 2.45) is 5.92 Å². The maximum atomic E-state index is 13.8. The molecule has 6 nitrogen and oxygen atoms in total. The Morgan fingerprint density at radius 3 is 2.52 bits per heavy atom. The third-order valence-corrected chi connectivity index (χ3v) is 4.37. The second kappa shape index (κ2) is 8.29. The molecule has 1 saturated carbocycles. The maximum Gasteiger partial charge on any atom is 0.319 e. The van der Waals surface area contributed by atoms with Gasteiger partial charge in [-0.05, 0) is 31.0 Å². The van der Waals surface area contributed by atoms with Crippen LogP contribution in [0, 0.1) is 11.7 Å². The first-order valence-corrected chi connectivity index (χ1v) is 8.67. The van der Waals surface area contributed by atoms with Gasteiger partial charge in [-0.1, -0.05) is 33.1 Å². The third-order valence-electron chi connectivity index (χ3n) is 4.37. The lowest BCUT2D eigenvalue weighted by molar-refractivity contribution is -0.118. The Hall–Kier alpha value is -2.15. The Balaban J connectivity index is 1.93. The molecule has 1 aliphatic carbocycles. The van der Waals surface area contributed by atoms with Gasteiger partial charge in [-0.25, -0.2) is 9.18 Å². The number of amides is 3. The Morgan fingerprint density at radius 1 is 1.20 bits per heavy atom. The van der Waals surface area contributed by atoms with Crippen molar-refractivity contribution in [1.29, 1.82) is 0 Å². The fourth-order valence-corrected chi connectivity index (χ4v) is 2.78. The number of rotatable bonds is 5. The highest BCUT2D eigenvalue weighted by atomic mass is 19.1. The van der Waals surface area contributed by atoms with Gasteiger partial charge in [0.1, 0.15) is 5.82 Å². The molecule has 4 N–H and O–H groups in total. The van der Waals surface area contributed by atoms with Crippen molar-refractivity contribution in [3.8, 4) is 0 Å². The van der Waals surface area contributed by atoms with E-state index in [1.165, 1.54) is 18.2 Å². The molecule has 7 heteroatoms. The summed E-state index contributed by atoms with van der Waals surface area (Å²) in [5.74, 6) is -1.16. The molecule has 0 radical (unpaired) electrons. The van der Waals surface area contributed by atoms with E-state index in [9.17, 15) is 19.1 Å². The number of carbonyl (C=O) groups excluding carboxylic acids is 2. The zero-order chi connectivity index (χ0) is 18.4. The van der Waals surface area contributed by atoms with E-state index >= 15 is 0 Å². The summed E-state index contributed by atoms with van der Waals surface area (Å²) in [6, 6.07) is 3.48. The SMILES string of the molecule is CC(C)C(=O)Nc1cc(NC(=O)NCC2(O)CCCCC2)ccc1F. The number of nitrogens with one attached hydrogen (secondary N) is 3. The van der Waals surface area contributed by atoms with Gasteiger partial charge in [-0.15, -0.1) is 0 Å². The van der Waals surface area contributed by atoms with Crippen molar-refractivity contribution in [2.75, 3.05) is 17.2 Å². The molecule has 0 heterocycles. The van der Waals surface area contributed by atoms with E-state index in [1.807, 2.05) is 0 Å². The lowest BCUT2D eigenvalue weighted by Gasteiger charge is -2.32. The number of halogens is 1. The standard InChI is InChI=1S/C18H26FN3O3/c1-12(2)16(23)22-15-10-13(6-7-14(15)19)21-17(24)20-11-18(25)8-4-3-5-9-18/h6-7,10,12,25H,3-5,8-9,11H2,1-2H3,(H,22,23)(H2,20,21,24). The summed E-state index contributed by atoms with van der Waals surface area (Å²) in [7, 11) is 0.